The van der Waals surface area contributed by atoms with Gasteiger partial charge in [-0.15, -0.1) is 0 Å². The summed E-state index contributed by atoms with van der Waals surface area (Å²) in [6.07, 6.45) is 0.611. The summed E-state index contributed by atoms with van der Waals surface area (Å²) in [6, 6.07) is 0.359. The molecule has 0 amide bonds. The molecule has 0 radical (unpaired) electrons. The number of aliphatic hydroxyl groups excluding tert-OH is 2. The number of alkyl halides is 1. The van der Waals surface area contributed by atoms with Gasteiger partial charge in [0.15, 0.2) is 17.0 Å². The number of imidazole rings is 1. The summed E-state index contributed by atoms with van der Waals surface area (Å²) in [5.41, 5.74) is 6.38. The van der Waals surface area contributed by atoms with Crippen molar-refractivity contribution < 1.29 is 19.3 Å². The molecule has 3 rings (SSSR count). The third kappa shape index (κ3) is 3.00. The van der Waals surface area contributed by atoms with Crippen LogP contribution in [0.1, 0.15) is 19.8 Å². The molecule has 2 aromatic heterocycles. The fraction of sp³-hybridized carbons (Fsp3) is 0.667. The van der Waals surface area contributed by atoms with E-state index in [1.165, 1.54) is 20.4 Å². The Morgan fingerprint density at radius 3 is 2.76 bits per heavy atom. The maximum absolute atomic E-state index is 15.4. The number of hydrogen-bond donors (Lipinski definition) is 3. The lowest BCUT2D eigenvalue weighted by atomic mass is 10.0. The van der Waals surface area contributed by atoms with Crippen molar-refractivity contribution in [3.05, 3.63) is 6.33 Å². The van der Waals surface area contributed by atoms with Gasteiger partial charge in [-0.3, -0.25) is 4.57 Å². The largest absolute Gasteiger partial charge is 0.394 e. The highest BCUT2D eigenvalue weighted by atomic mass is 19.1. The highest BCUT2D eigenvalue weighted by Crippen LogP contribution is 2.35. The molecule has 25 heavy (non-hydrogen) atoms. The standard InChI is InChI=1S/C15H23FN6O3/c1-15(16,11(24)9(6-23)25-3)22-7-18-10-12(21(2)8-4-5-8)19-14(17)20-13(10)22/h7-9,11,23-24H,4-6H2,1-3H3,(H2,17,19,20)/t9?,11-,15+/m1/s1. The molecule has 0 aromatic carbocycles. The molecule has 1 saturated carbocycles. The van der Waals surface area contributed by atoms with Crippen molar-refractivity contribution in [2.24, 2.45) is 0 Å². The number of nitrogens with two attached hydrogens (primary N) is 1. The van der Waals surface area contributed by atoms with Gasteiger partial charge in [0.2, 0.25) is 11.7 Å². The molecule has 1 aliphatic rings. The van der Waals surface area contributed by atoms with E-state index in [-0.39, 0.29) is 11.6 Å². The van der Waals surface area contributed by atoms with Gasteiger partial charge in [0.05, 0.1) is 12.9 Å². The molecular weight excluding hydrogens is 331 g/mol. The minimum absolute atomic E-state index is 0.00695. The van der Waals surface area contributed by atoms with E-state index in [0.29, 0.717) is 17.4 Å². The molecule has 2 aromatic rings. The first-order valence-corrected chi connectivity index (χ1v) is 8.05. The van der Waals surface area contributed by atoms with Gasteiger partial charge in [-0.05, 0) is 19.8 Å². The Bertz CT molecular complexity index is 759. The zero-order valence-electron chi connectivity index (χ0n) is 14.4. The predicted octanol–water partition coefficient (Wildman–Crippen LogP) is 0.0175. The van der Waals surface area contributed by atoms with Gasteiger partial charge in [0.1, 0.15) is 12.2 Å². The van der Waals surface area contributed by atoms with Crippen molar-refractivity contribution >= 4 is 22.9 Å². The first-order chi connectivity index (χ1) is 11.8. The second-order valence-electron chi connectivity index (χ2n) is 6.46. The molecule has 0 spiro atoms. The number of hydrogen-bond acceptors (Lipinski definition) is 8. The van der Waals surface area contributed by atoms with Crippen LogP contribution in [0, 0.1) is 0 Å². The van der Waals surface area contributed by atoms with E-state index < -0.39 is 24.6 Å². The van der Waals surface area contributed by atoms with E-state index >= 15 is 4.39 Å². The number of nitrogen functional groups attached to an aromatic ring is 1. The maximum atomic E-state index is 15.4. The van der Waals surface area contributed by atoms with Crippen molar-refractivity contribution in [3.8, 4) is 0 Å². The second-order valence-corrected chi connectivity index (χ2v) is 6.46. The predicted molar refractivity (Wildman–Crippen MR) is 89.8 cm³/mol. The van der Waals surface area contributed by atoms with Crippen LogP contribution in [0.3, 0.4) is 0 Å². The average Bonchev–Trinajstić information content (AvgIpc) is 3.33. The number of methoxy groups -OCH3 is 1. The van der Waals surface area contributed by atoms with Crippen molar-refractivity contribution in [1.82, 2.24) is 19.5 Å². The van der Waals surface area contributed by atoms with Crippen LogP contribution in [-0.4, -0.2) is 68.7 Å². The molecule has 1 fully saturated rings. The molecule has 2 heterocycles. The summed E-state index contributed by atoms with van der Waals surface area (Å²) in [7, 11) is 3.17. The van der Waals surface area contributed by atoms with Crippen LogP contribution in [0.4, 0.5) is 16.2 Å². The summed E-state index contributed by atoms with van der Waals surface area (Å²) in [6.45, 7) is 0.639. The molecule has 10 heteroatoms. The molecular formula is C15H23FN6O3. The van der Waals surface area contributed by atoms with Crippen molar-refractivity contribution in [2.45, 2.75) is 43.8 Å². The topological polar surface area (TPSA) is 123 Å². The minimum Gasteiger partial charge on any atom is -0.394 e. The van der Waals surface area contributed by atoms with Gasteiger partial charge in [-0.1, -0.05) is 0 Å². The molecule has 0 bridgehead atoms. The Kier molecular flexibility index (Phi) is 4.52. The quantitative estimate of drug-likeness (QED) is 0.636. The monoisotopic (exact) mass is 354 g/mol. The lowest BCUT2D eigenvalue weighted by Gasteiger charge is -2.32. The number of ether oxygens (including phenoxy) is 1. The second kappa shape index (κ2) is 6.36. The van der Waals surface area contributed by atoms with Crippen LogP contribution in [-0.2, 0) is 10.5 Å². The highest BCUT2D eigenvalue weighted by Gasteiger charge is 2.42. The summed E-state index contributed by atoms with van der Waals surface area (Å²) >= 11 is 0. The molecule has 4 N–H and O–H groups in total. The summed E-state index contributed by atoms with van der Waals surface area (Å²) in [4.78, 5) is 14.5. The van der Waals surface area contributed by atoms with E-state index in [9.17, 15) is 10.2 Å². The lowest BCUT2D eigenvalue weighted by molar-refractivity contribution is -0.135. The van der Waals surface area contributed by atoms with E-state index in [1.54, 1.807) is 0 Å². The fourth-order valence-corrected chi connectivity index (χ4v) is 2.89. The van der Waals surface area contributed by atoms with Crippen molar-refractivity contribution in [3.63, 3.8) is 0 Å². The van der Waals surface area contributed by atoms with Gasteiger partial charge in [0.25, 0.3) is 0 Å². The maximum Gasteiger partial charge on any atom is 0.224 e. The van der Waals surface area contributed by atoms with Gasteiger partial charge >= 0.3 is 0 Å². The Balaban J connectivity index is 2.08. The molecule has 0 saturated heterocycles. The lowest BCUT2D eigenvalue weighted by Crippen LogP contribution is -2.47. The molecule has 9 nitrogen and oxygen atoms in total. The summed E-state index contributed by atoms with van der Waals surface area (Å²) in [5.74, 6) is -1.80. The molecule has 1 unspecified atom stereocenters. The Morgan fingerprint density at radius 2 is 2.20 bits per heavy atom. The van der Waals surface area contributed by atoms with Gasteiger partial charge in [0, 0.05) is 20.2 Å². The van der Waals surface area contributed by atoms with Gasteiger partial charge in [-0.2, -0.15) is 9.97 Å². The minimum atomic E-state index is -2.33. The molecule has 3 atom stereocenters. The van der Waals surface area contributed by atoms with Crippen LogP contribution in [0.15, 0.2) is 6.33 Å². The molecule has 138 valence electrons. The Hall–Kier alpha value is -2.04. The van der Waals surface area contributed by atoms with Crippen molar-refractivity contribution in [2.75, 3.05) is 31.4 Å². The zero-order valence-corrected chi connectivity index (χ0v) is 14.4. The van der Waals surface area contributed by atoms with Crippen LogP contribution in [0.2, 0.25) is 0 Å². The van der Waals surface area contributed by atoms with Crippen LogP contribution in [0.25, 0.3) is 11.2 Å². The van der Waals surface area contributed by atoms with E-state index in [1.807, 2.05) is 11.9 Å². The van der Waals surface area contributed by atoms with E-state index in [0.717, 1.165) is 17.4 Å². The number of fused-ring (bicyclic) bond motifs is 1. The van der Waals surface area contributed by atoms with Gasteiger partial charge < -0.3 is 25.6 Å². The number of aliphatic hydroxyl groups is 2. The van der Waals surface area contributed by atoms with E-state index in [2.05, 4.69) is 15.0 Å². The highest BCUT2D eigenvalue weighted by molar-refractivity contribution is 5.85. The number of halogens is 1. The number of aromatic nitrogens is 4. The zero-order chi connectivity index (χ0) is 18.4. The normalized spacial score (nSPS) is 19.6. The molecule has 1 aliphatic carbocycles. The van der Waals surface area contributed by atoms with Gasteiger partial charge in [-0.25, -0.2) is 9.37 Å². The summed E-state index contributed by atoms with van der Waals surface area (Å²) in [5, 5.41) is 19.6. The fourth-order valence-electron chi connectivity index (χ4n) is 2.89. The smallest absolute Gasteiger partial charge is 0.224 e. The van der Waals surface area contributed by atoms with Crippen LogP contribution in [0.5, 0.6) is 0 Å². The number of rotatable bonds is 7. The first kappa shape index (κ1) is 17.8. The SMILES string of the molecule is COC(CO)[C@@H](O)[C@@](C)(F)n1cnc2c(N(C)C3CC3)nc(N)nc21. The molecule has 0 aliphatic heterocycles. The number of nitrogens with zero attached hydrogens (tertiary/aromatic N) is 5. The third-order valence-electron chi connectivity index (χ3n) is 4.67. The first-order valence-electron chi connectivity index (χ1n) is 8.05. The van der Waals surface area contributed by atoms with Crippen LogP contribution < -0.4 is 10.6 Å². The van der Waals surface area contributed by atoms with E-state index in [4.69, 9.17) is 10.5 Å². The Morgan fingerprint density at radius 1 is 1.52 bits per heavy atom. The Labute approximate surface area is 144 Å². The number of anilines is 2. The van der Waals surface area contributed by atoms with Crippen molar-refractivity contribution in [1.29, 1.82) is 0 Å². The third-order valence-corrected chi connectivity index (χ3v) is 4.67. The van der Waals surface area contributed by atoms with Crippen LogP contribution >= 0.6 is 0 Å². The average molecular weight is 354 g/mol. The summed E-state index contributed by atoms with van der Waals surface area (Å²) < 4.78 is 21.4.